The molecule has 0 aliphatic carbocycles. The molecule has 1 saturated heterocycles. The Morgan fingerprint density at radius 3 is 2.75 bits per heavy atom. The quantitative estimate of drug-likeness (QED) is 0.614. The standard InChI is InChI=1S/C20H27ClN4O3/c1-28-12-2-8-23-20(27)15-5-9-25(10-6-15)11-7-19(26)24-17-4-3-16(14-22)18(21)13-17/h3-4,13,15H,2,5-12H2,1H3,(H,23,27)(H,24,26). The van der Waals surface area contributed by atoms with Crippen LogP contribution in [0.15, 0.2) is 18.2 Å². The minimum absolute atomic E-state index is 0.0495. The van der Waals surface area contributed by atoms with Gasteiger partial charge in [-0.25, -0.2) is 0 Å². The second kappa shape index (κ2) is 11.6. The minimum Gasteiger partial charge on any atom is -0.385 e. The summed E-state index contributed by atoms with van der Waals surface area (Å²) in [6.45, 7) is 3.57. The van der Waals surface area contributed by atoms with Gasteiger partial charge in [-0.05, 0) is 50.6 Å². The number of rotatable bonds is 9. The van der Waals surface area contributed by atoms with E-state index in [2.05, 4.69) is 15.5 Å². The SMILES string of the molecule is COCCCNC(=O)C1CCN(CCC(=O)Nc2ccc(C#N)c(Cl)c2)CC1. The number of hydrogen-bond acceptors (Lipinski definition) is 5. The fourth-order valence-corrected chi connectivity index (χ4v) is 3.38. The minimum atomic E-state index is -0.0983. The van der Waals surface area contributed by atoms with Gasteiger partial charge < -0.3 is 20.3 Å². The lowest BCUT2D eigenvalue weighted by atomic mass is 9.96. The maximum atomic E-state index is 12.1. The number of nitrogens with zero attached hydrogens (tertiary/aromatic N) is 2. The molecule has 1 aliphatic rings. The summed E-state index contributed by atoms with van der Waals surface area (Å²) in [5, 5.41) is 15.0. The number of anilines is 1. The van der Waals surface area contributed by atoms with Gasteiger partial charge in [-0.1, -0.05) is 11.6 Å². The largest absolute Gasteiger partial charge is 0.385 e. The van der Waals surface area contributed by atoms with Gasteiger partial charge in [0.1, 0.15) is 6.07 Å². The summed E-state index contributed by atoms with van der Waals surface area (Å²) in [5.74, 6) is 0.0680. The van der Waals surface area contributed by atoms with Crippen molar-refractivity contribution in [1.29, 1.82) is 5.26 Å². The smallest absolute Gasteiger partial charge is 0.225 e. The number of likely N-dealkylation sites (tertiary alicyclic amines) is 1. The average molecular weight is 407 g/mol. The predicted molar refractivity (Wildman–Crippen MR) is 108 cm³/mol. The highest BCUT2D eigenvalue weighted by Gasteiger charge is 2.24. The average Bonchev–Trinajstić information content (AvgIpc) is 2.70. The maximum absolute atomic E-state index is 12.1. The van der Waals surface area contributed by atoms with Crippen molar-refractivity contribution >= 4 is 29.1 Å². The van der Waals surface area contributed by atoms with E-state index < -0.39 is 0 Å². The van der Waals surface area contributed by atoms with Gasteiger partial charge in [0.2, 0.25) is 11.8 Å². The first-order valence-corrected chi connectivity index (χ1v) is 9.89. The number of carbonyl (C=O) groups is 2. The lowest BCUT2D eigenvalue weighted by molar-refractivity contribution is -0.126. The zero-order valence-corrected chi connectivity index (χ0v) is 16.9. The summed E-state index contributed by atoms with van der Waals surface area (Å²) in [7, 11) is 1.65. The van der Waals surface area contributed by atoms with Crippen LogP contribution in [0.1, 0.15) is 31.2 Å². The number of nitriles is 1. The molecular formula is C20H27ClN4O3. The van der Waals surface area contributed by atoms with Crippen molar-refractivity contribution in [3.05, 3.63) is 28.8 Å². The van der Waals surface area contributed by atoms with Crippen molar-refractivity contribution in [3.63, 3.8) is 0 Å². The van der Waals surface area contributed by atoms with Crippen LogP contribution < -0.4 is 10.6 Å². The van der Waals surface area contributed by atoms with Gasteiger partial charge in [-0.3, -0.25) is 9.59 Å². The summed E-state index contributed by atoms with van der Waals surface area (Å²) in [4.78, 5) is 26.5. The van der Waals surface area contributed by atoms with E-state index >= 15 is 0 Å². The van der Waals surface area contributed by atoms with Gasteiger partial charge in [0.05, 0.1) is 10.6 Å². The van der Waals surface area contributed by atoms with Crippen LogP contribution in [-0.4, -0.2) is 56.6 Å². The molecule has 2 rings (SSSR count). The first-order valence-electron chi connectivity index (χ1n) is 9.52. The van der Waals surface area contributed by atoms with E-state index in [0.717, 1.165) is 32.4 Å². The highest BCUT2D eigenvalue weighted by atomic mass is 35.5. The molecule has 152 valence electrons. The molecule has 0 spiro atoms. The Labute approximate surface area is 171 Å². The third-order valence-electron chi connectivity index (χ3n) is 4.81. The molecule has 8 heteroatoms. The molecular weight excluding hydrogens is 380 g/mol. The van der Waals surface area contributed by atoms with Crippen LogP contribution in [0.4, 0.5) is 5.69 Å². The summed E-state index contributed by atoms with van der Waals surface area (Å²) in [5.41, 5.74) is 0.961. The lowest BCUT2D eigenvalue weighted by Gasteiger charge is -2.31. The third kappa shape index (κ3) is 7.12. The summed E-state index contributed by atoms with van der Waals surface area (Å²) in [6, 6.07) is 6.82. The number of amides is 2. The third-order valence-corrected chi connectivity index (χ3v) is 5.12. The second-order valence-electron chi connectivity index (χ2n) is 6.86. The van der Waals surface area contributed by atoms with E-state index in [1.165, 1.54) is 0 Å². The van der Waals surface area contributed by atoms with Crippen LogP contribution in [0.3, 0.4) is 0 Å². The number of benzene rings is 1. The molecule has 7 nitrogen and oxygen atoms in total. The summed E-state index contributed by atoms with van der Waals surface area (Å²) >= 11 is 5.98. The van der Waals surface area contributed by atoms with Crippen molar-refractivity contribution < 1.29 is 14.3 Å². The maximum Gasteiger partial charge on any atom is 0.225 e. The van der Waals surface area contributed by atoms with Crippen molar-refractivity contribution in [2.45, 2.75) is 25.7 Å². The van der Waals surface area contributed by atoms with Gasteiger partial charge in [-0.2, -0.15) is 5.26 Å². The van der Waals surface area contributed by atoms with Crippen LogP contribution in [0, 0.1) is 17.2 Å². The Morgan fingerprint density at radius 1 is 1.36 bits per heavy atom. The molecule has 1 aliphatic heterocycles. The molecule has 0 radical (unpaired) electrons. The van der Waals surface area contributed by atoms with Crippen LogP contribution in [-0.2, 0) is 14.3 Å². The molecule has 0 bridgehead atoms. The van der Waals surface area contributed by atoms with Crippen LogP contribution >= 0.6 is 11.6 Å². The number of nitrogens with one attached hydrogen (secondary N) is 2. The van der Waals surface area contributed by atoms with Crippen molar-refractivity contribution in [1.82, 2.24) is 10.2 Å². The van der Waals surface area contributed by atoms with Crippen molar-refractivity contribution in [2.24, 2.45) is 5.92 Å². The first kappa shape index (κ1) is 22.2. The number of methoxy groups -OCH3 is 1. The van der Waals surface area contributed by atoms with E-state index in [0.29, 0.717) is 42.4 Å². The summed E-state index contributed by atoms with van der Waals surface area (Å²) < 4.78 is 4.97. The number of carbonyl (C=O) groups excluding carboxylic acids is 2. The lowest BCUT2D eigenvalue weighted by Crippen LogP contribution is -2.41. The molecule has 0 unspecified atom stereocenters. The Morgan fingerprint density at radius 2 is 2.11 bits per heavy atom. The predicted octanol–water partition coefficient (Wildman–Crippen LogP) is 2.40. The molecule has 2 amide bonds. The van der Waals surface area contributed by atoms with E-state index in [1.807, 2.05) is 6.07 Å². The molecule has 1 heterocycles. The normalized spacial score (nSPS) is 15.0. The number of piperidine rings is 1. The fourth-order valence-electron chi connectivity index (χ4n) is 3.16. The number of halogens is 1. The number of hydrogen-bond donors (Lipinski definition) is 2. The van der Waals surface area contributed by atoms with E-state index in [4.69, 9.17) is 21.6 Å². The van der Waals surface area contributed by atoms with Gasteiger partial charge in [0.15, 0.2) is 0 Å². The molecule has 0 saturated carbocycles. The second-order valence-corrected chi connectivity index (χ2v) is 7.27. The Kier molecular flexibility index (Phi) is 9.21. The Bertz CT molecular complexity index is 712. The molecule has 0 atom stereocenters. The van der Waals surface area contributed by atoms with E-state index in [9.17, 15) is 9.59 Å². The topological polar surface area (TPSA) is 94.5 Å². The van der Waals surface area contributed by atoms with Gasteiger partial charge in [0.25, 0.3) is 0 Å². The molecule has 28 heavy (non-hydrogen) atoms. The molecule has 2 N–H and O–H groups in total. The van der Waals surface area contributed by atoms with E-state index in [1.54, 1.807) is 25.3 Å². The van der Waals surface area contributed by atoms with Crippen molar-refractivity contribution in [2.75, 3.05) is 45.2 Å². The fraction of sp³-hybridized carbons (Fsp3) is 0.550. The molecule has 1 aromatic rings. The Balaban J connectivity index is 1.66. The highest BCUT2D eigenvalue weighted by Crippen LogP contribution is 2.21. The van der Waals surface area contributed by atoms with Gasteiger partial charge >= 0.3 is 0 Å². The Hall–Kier alpha value is -2.14. The van der Waals surface area contributed by atoms with Crippen LogP contribution in [0.2, 0.25) is 5.02 Å². The van der Waals surface area contributed by atoms with Gasteiger partial charge in [-0.15, -0.1) is 0 Å². The molecule has 1 aromatic carbocycles. The van der Waals surface area contributed by atoms with Crippen LogP contribution in [0.25, 0.3) is 0 Å². The number of ether oxygens (including phenoxy) is 1. The van der Waals surface area contributed by atoms with Gasteiger partial charge in [0, 0.05) is 44.8 Å². The van der Waals surface area contributed by atoms with Crippen molar-refractivity contribution in [3.8, 4) is 6.07 Å². The highest BCUT2D eigenvalue weighted by molar-refractivity contribution is 6.32. The zero-order chi connectivity index (χ0) is 20.4. The van der Waals surface area contributed by atoms with Crippen LogP contribution in [0.5, 0.6) is 0 Å². The molecule has 1 fully saturated rings. The zero-order valence-electron chi connectivity index (χ0n) is 16.2. The molecule has 0 aromatic heterocycles. The van der Waals surface area contributed by atoms with E-state index in [-0.39, 0.29) is 17.7 Å². The first-order chi connectivity index (χ1) is 13.5. The monoisotopic (exact) mass is 406 g/mol. The summed E-state index contributed by atoms with van der Waals surface area (Å²) in [6.07, 6.45) is 2.80.